The van der Waals surface area contributed by atoms with Gasteiger partial charge in [0.1, 0.15) is 5.69 Å². The number of unbranched alkanes of at least 4 members (excludes halogenated alkanes) is 4. The molecule has 256 valence electrons. The molecule has 3 aromatic rings. The van der Waals surface area contributed by atoms with Crippen LogP contribution in [0.3, 0.4) is 0 Å². The molecule has 13 heteroatoms. The standard InChI is InChI=1S/C34H48N5O7P/c1-3-4-21-44-24-25-45-23-20-39-34-28-14-8-7-13-27(28)26-38(30-16-10-9-15-29(30)33(34)36-37-39)32(41)18-17-31(40)35-19-11-5-6-12-22-46-47(42)43-2/h7-10,13-16,42H,3-6,11-12,17-26H2,1-2H3,(H,35,40). The number of aromatic nitrogens is 3. The highest BCUT2D eigenvalue weighted by atomic mass is 31.2. The molecule has 1 aliphatic rings. The Morgan fingerprint density at radius 3 is 2.45 bits per heavy atom. The molecule has 2 amide bonds. The highest BCUT2D eigenvalue weighted by Crippen LogP contribution is 2.41. The summed E-state index contributed by atoms with van der Waals surface area (Å²) >= 11 is 0. The zero-order valence-electron chi connectivity index (χ0n) is 27.6. The summed E-state index contributed by atoms with van der Waals surface area (Å²) in [5.41, 5.74) is 5.08. The highest BCUT2D eigenvalue weighted by molar-refractivity contribution is 7.40. The van der Waals surface area contributed by atoms with Crippen LogP contribution in [0.4, 0.5) is 5.69 Å². The van der Waals surface area contributed by atoms with Gasteiger partial charge in [-0.05, 0) is 30.9 Å². The smallest absolute Gasteiger partial charge is 0.329 e. The van der Waals surface area contributed by atoms with Gasteiger partial charge < -0.3 is 33.6 Å². The van der Waals surface area contributed by atoms with Crippen molar-refractivity contribution in [3.8, 4) is 22.5 Å². The molecule has 1 unspecified atom stereocenters. The number of carbonyl (C=O) groups excluding carboxylic acids is 2. The fraction of sp³-hybridized carbons (Fsp3) is 0.529. The number of nitrogens with zero attached hydrogens (tertiary/aromatic N) is 4. The number of nitrogens with one attached hydrogen (secondary N) is 1. The Labute approximate surface area is 278 Å². The van der Waals surface area contributed by atoms with Crippen LogP contribution in [0.15, 0.2) is 48.5 Å². The molecule has 0 radical (unpaired) electrons. The van der Waals surface area contributed by atoms with E-state index in [0.717, 1.165) is 73.2 Å². The molecule has 2 heterocycles. The lowest BCUT2D eigenvalue weighted by Gasteiger charge is -2.28. The number of hydrogen-bond acceptors (Lipinski definition) is 9. The van der Waals surface area contributed by atoms with Gasteiger partial charge in [0.05, 0.1) is 50.9 Å². The monoisotopic (exact) mass is 669 g/mol. The van der Waals surface area contributed by atoms with E-state index in [1.165, 1.54) is 7.11 Å². The molecule has 4 rings (SSSR count). The molecular formula is C34H48N5O7P. The first-order valence-electron chi connectivity index (χ1n) is 16.5. The van der Waals surface area contributed by atoms with Crippen molar-refractivity contribution >= 4 is 26.1 Å². The number of amides is 2. The molecule has 0 bridgehead atoms. The Hall–Kier alpha value is -3.25. The Kier molecular flexibility index (Phi) is 15.7. The molecule has 1 aromatic heterocycles. The Morgan fingerprint density at radius 2 is 1.64 bits per heavy atom. The first kappa shape index (κ1) is 36.6. The Morgan fingerprint density at radius 1 is 0.894 bits per heavy atom. The van der Waals surface area contributed by atoms with E-state index in [0.29, 0.717) is 51.8 Å². The Balaban J connectivity index is 1.36. The zero-order valence-corrected chi connectivity index (χ0v) is 28.5. The maximum absolute atomic E-state index is 13.7. The molecule has 2 aromatic carbocycles. The van der Waals surface area contributed by atoms with Crippen LogP contribution >= 0.6 is 8.60 Å². The van der Waals surface area contributed by atoms with E-state index in [1.807, 2.05) is 53.2 Å². The minimum Gasteiger partial charge on any atom is -0.379 e. The molecule has 0 saturated carbocycles. The lowest BCUT2D eigenvalue weighted by Crippen LogP contribution is -2.33. The van der Waals surface area contributed by atoms with Gasteiger partial charge in [0.25, 0.3) is 0 Å². The van der Waals surface area contributed by atoms with Gasteiger partial charge in [-0.3, -0.25) is 9.59 Å². The number of hydrogen-bond donors (Lipinski definition) is 2. The topological polar surface area (TPSA) is 137 Å². The van der Waals surface area contributed by atoms with Gasteiger partial charge in [0.2, 0.25) is 11.8 Å². The summed E-state index contributed by atoms with van der Waals surface area (Å²) in [4.78, 5) is 37.4. The molecule has 0 spiro atoms. The molecule has 12 nitrogen and oxygen atoms in total. The second-order valence-corrected chi connectivity index (χ2v) is 12.4. The van der Waals surface area contributed by atoms with Gasteiger partial charge in [0.15, 0.2) is 0 Å². The summed E-state index contributed by atoms with van der Waals surface area (Å²) in [6, 6.07) is 15.7. The predicted molar refractivity (Wildman–Crippen MR) is 181 cm³/mol. The number of fused-ring (bicyclic) bond motifs is 5. The quantitative estimate of drug-likeness (QED) is 0.109. The van der Waals surface area contributed by atoms with E-state index in [-0.39, 0.29) is 24.7 Å². The summed E-state index contributed by atoms with van der Waals surface area (Å²) in [5.74, 6) is -0.277. The molecule has 0 fully saturated rings. The van der Waals surface area contributed by atoms with E-state index in [1.54, 1.807) is 4.90 Å². The van der Waals surface area contributed by atoms with Crippen LogP contribution in [-0.2, 0) is 41.2 Å². The predicted octanol–water partition coefficient (Wildman–Crippen LogP) is 5.63. The van der Waals surface area contributed by atoms with Gasteiger partial charge in [-0.2, -0.15) is 0 Å². The maximum Gasteiger partial charge on any atom is 0.329 e. The largest absolute Gasteiger partial charge is 0.379 e. The number of benzene rings is 2. The average Bonchev–Trinajstić information content (AvgIpc) is 3.50. The van der Waals surface area contributed by atoms with Crippen LogP contribution < -0.4 is 10.2 Å². The molecular weight excluding hydrogens is 621 g/mol. The van der Waals surface area contributed by atoms with E-state index < -0.39 is 8.60 Å². The lowest BCUT2D eigenvalue weighted by atomic mass is 9.95. The molecule has 0 aliphatic carbocycles. The summed E-state index contributed by atoms with van der Waals surface area (Å²) in [6.45, 7) is 6.33. The van der Waals surface area contributed by atoms with Crippen LogP contribution in [0.1, 0.15) is 63.9 Å². The van der Waals surface area contributed by atoms with E-state index >= 15 is 0 Å². The minimum atomic E-state index is -1.78. The van der Waals surface area contributed by atoms with Gasteiger partial charge in [-0.25, -0.2) is 4.68 Å². The molecule has 0 saturated heterocycles. The van der Waals surface area contributed by atoms with Crippen molar-refractivity contribution in [2.75, 3.05) is 51.6 Å². The first-order valence-corrected chi connectivity index (χ1v) is 17.7. The van der Waals surface area contributed by atoms with Crippen LogP contribution in [0.5, 0.6) is 0 Å². The second kappa shape index (κ2) is 20.2. The van der Waals surface area contributed by atoms with Crippen molar-refractivity contribution < 1.29 is 33.0 Å². The third-order valence-corrected chi connectivity index (χ3v) is 8.58. The van der Waals surface area contributed by atoms with Crippen molar-refractivity contribution in [3.05, 3.63) is 54.1 Å². The van der Waals surface area contributed by atoms with E-state index in [9.17, 15) is 14.5 Å². The van der Waals surface area contributed by atoms with Gasteiger partial charge in [-0.15, -0.1) is 5.10 Å². The number of para-hydroxylation sites is 1. The minimum absolute atomic E-state index is 0.0857. The summed E-state index contributed by atoms with van der Waals surface area (Å²) in [5, 5.41) is 12.0. The first-order chi connectivity index (χ1) is 23.0. The number of rotatable bonds is 21. The van der Waals surface area contributed by atoms with Crippen LogP contribution in [-0.4, -0.2) is 78.4 Å². The number of ether oxygens (including phenoxy) is 2. The number of carbonyl (C=O) groups is 2. The summed E-state index contributed by atoms with van der Waals surface area (Å²) < 4.78 is 23.1. The third-order valence-electron chi connectivity index (χ3n) is 7.87. The van der Waals surface area contributed by atoms with Crippen molar-refractivity contribution in [2.24, 2.45) is 0 Å². The van der Waals surface area contributed by atoms with Crippen molar-refractivity contribution in [3.63, 3.8) is 0 Å². The van der Waals surface area contributed by atoms with Crippen LogP contribution in [0.25, 0.3) is 22.5 Å². The number of anilines is 1. The summed E-state index contributed by atoms with van der Waals surface area (Å²) in [6.07, 6.45) is 5.84. The third kappa shape index (κ3) is 11.2. The van der Waals surface area contributed by atoms with Crippen LogP contribution in [0, 0.1) is 0 Å². The lowest BCUT2D eigenvalue weighted by molar-refractivity contribution is -0.125. The molecule has 1 atom stereocenters. The van der Waals surface area contributed by atoms with Gasteiger partial charge >= 0.3 is 8.60 Å². The van der Waals surface area contributed by atoms with Crippen molar-refractivity contribution in [1.29, 1.82) is 0 Å². The van der Waals surface area contributed by atoms with Crippen molar-refractivity contribution in [2.45, 2.75) is 71.4 Å². The van der Waals surface area contributed by atoms with Gasteiger partial charge in [0, 0.05) is 44.2 Å². The highest BCUT2D eigenvalue weighted by Gasteiger charge is 2.29. The fourth-order valence-corrected chi connectivity index (χ4v) is 5.75. The van der Waals surface area contributed by atoms with E-state index in [4.69, 9.17) is 18.5 Å². The van der Waals surface area contributed by atoms with Crippen LogP contribution in [0.2, 0.25) is 0 Å². The van der Waals surface area contributed by atoms with Crippen molar-refractivity contribution in [1.82, 2.24) is 20.3 Å². The van der Waals surface area contributed by atoms with Gasteiger partial charge in [-0.1, -0.05) is 73.9 Å². The summed E-state index contributed by atoms with van der Waals surface area (Å²) in [7, 11) is -0.371. The SMILES string of the molecule is CCCCOCCOCCn1nnc2c1-c1ccccc1CN(C(=O)CCC(=O)NCCCCCCOP(O)OC)c1ccccc1-2. The zero-order chi connectivity index (χ0) is 33.3. The average molecular weight is 670 g/mol. The molecule has 2 N–H and O–H groups in total. The Bertz CT molecular complexity index is 1400. The second-order valence-electron chi connectivity index (χ2n) is 11.3. The maximum atomic E-state index is 13.7. The van der Waals surface area contributed by atoms with E-state index in [2.05, 4.69) is 22.6 Å². The molecule has 47 heavy (non-hydrogen) atoms. The molecule has 1 aliphatic heterocycles. The fourth-order valence-electron chi connectivity index (χ4n) is 5.36. The normalized spacial score (nSPS) is 12.9.